The highest BCUT2D eigenvalue weighted by Crippen LogP contribution is 2.31. The van der Waals surface area contributed by atoms with Crippen molar-refractivity contribution in [3.8, 4) is 0 Å². The van der Waals surface area contributed by atoms with E-state index in [9.17, 15) is 9.59 Å². The minimum absolute atomic E-state index is 0.344. The van der Waals surface area contributed by atoms with Gasteiger partial charge in [-0.15, -0.1) is 0 Å². The maximum absolute atomic E-state index is 12.4. The van der Waals surface area contributed by atoms with Gasteiger partial charge in [0, 0.05) is 37.9 Å². The van der Waals surface area contributed by atoms with E-state index in [1.165, 1.54) is 12.8 Å². The molecular formula is C18H29N5O2. The second-order valence-electron chi connectivity index (χ2n) is 7.50. The number of carbonyl (C=O) groups is 2. The van der Waals surface area contributed by atoms with Gasteiger partial charge in [0.1, 0.15) is 0 Å². The third-order valence-electron chi connectivity index (χ3n) is 5.91. The predicted molar refractivity (Wildman–Crippen MR) is 94.7 cm³/mol. The number of rotatable bonds is 3. The second kappa shape index (κ2) is 7.56. The first-order chi connectivity index (χ1) is 12.0. The minimum Gasteiger partial charge on any atom is -0.344 e. The second-order valence-corrected chi connectivity index (χ2v) is 7.50. The molecule has 2 fully saturated rings. The van der Waals surface area contributed by atoms with Crippen LogP contribution in [-0.4, -0.2) is 64.6 Å². The molecule has 138 valence electrons. The number of carbonyl (C=O) groups excluding carboxylic acids is 2. The van der Waals surface area contributed by atoms with Crippen molar-refractivity contribution >= 4 is 11.8 Å². The van der Waals surface area contributed by atoms with Gasteiger partial charge in [0.15, 0.2) is 0 Å². The maximum Gasteiger partial charge on any atom is 0.311 e. The van der Waals surface area contributed by atoms with Crippen LogP contribution in [-0.2, 0) is 23.2 Å². The SMILES string of the molecule is Cc1c(CNC(=O)C(=O)N2CCC(C3CCN(C)CC3)C2)cnn1C. The minimum atomic E-state index is -0.507. The molecule has 3 heterocycles. The van der Waals surface area contributed by atoms with Crippen LogP contribution in [0.25, 0.3) is 0 Å². The largest absolute Gasteiger partial charge is 0.344 e. The van der Waals surface area contributed by atoms with Crippen molar-refractivity contribution in [2.45, 2.75) is 32.7 Å². The number of nitrogens with one attached hydrogen (secondary N) is 1. The van der Waals surface area contributed by atoms with Crippen molar-refractivity contribution in [3.63, 3.8) is 0 Å². The summed E-state index contributed by atoms with van der Waals surface area (Å²) in [5, 5.41) is 6.89. The Hall–Kier alpha value is -1.89. The molecule has 1 aromatic heterocycles. The van der Waals surface area contributed by atoms with Crippen molar-refractivity contribution in [2.75, 3.05) is 33.2 Å². The molecular weight excluding hydrogens is 318 g/mol. The average molecular weight is 347 g/mol. The summed E-state index contributed by atoms with van der Waals surface area (Å²) < 4.78 is 1.76. The highest BCUT2D eigenvalue weighted by molar-refractivity contribution is 6.35. The zero-order valence-corrected chi connectivity index (χ0v) is 15.5. The Morgan fingerprint density at radius 3 is 2.48 bits per heavy atom. The normalized spacial score (nSPS) is 22.4. The van der Waals surface area contributed by atoms with Gasteiger partial charge in [-0.25, -0.2) is 0 Å². The molecule has 2 amide bonds. The van der Waals surface area contributed by atoms with E-state index in [1.807, 2.05) is 14.0 Å². The van der Waals surface area contributed by atoms with E-state index in [0.717, 1.165) is 37.3 Å². The summed E-state index contributed by atoms with van der Waals surface area (Å²) in [4.78, 5) is 28.7. The Balaban J connectivity index is 1.48. The fourth-order valence-corrected chi connectivity index (χ4v) is 3.97. The lowest BCUT2D eigenvalue weighted by atomic mass is 9.84. The van der Waals surface area contributed by atoms with Crippen molar-refractivity contribution < 1.29 is 9.59 Å². The molecule has 0 spiro atoms. The average Bonchev–Trinajstić information content (AvgIpc) is 3.21. The Morgan fingerprint density at radius 2 is 1.84 bits per heavy atom. The number of hydrogen-bond donors (Lipinski definition) is 1. The number of aromatic nitrogens is 2. The lowest BCUT2D eigenvalue weighted by molar-refractivity contribution is -0.145. The highest BCUT2D eigenvalue weighted by atomic mass is 16.2. The van der Waals surface area contributed by atoms with E-state index in [1.54, 1.807) is 15.8 Å². The van der Waals surface area contributed by atoms with Crippen LogP contribution in [0.3, 0.4) is 0 Å². The third kappa shape index (κ3) is 4.03. The van der Waals surface area contributed by atoms with Crippen LogP contribution >= 0.6 is 0 Å². The molecule has 1 atom stereocenters. The molecule has 0 radical (unpaired) electrons. The Morgan fingerprint density at radius 1 is 1.16 bits per heavy atom. The van der Waals surface area contributed by atoms with Crippen LogP contribution in [0.4, 0.5) is 0 Å². The van der Waals surface area contributed by atoms with Gasteiger partial charge in [-0.2, -0.15) is 5.10 Å². The zero-order chi connectivity index (χ0) is 18.0. The van der Waals surface area contributed by atoms with Crippen molar-refractivity contribution in [1.82, 2.24) is 24.9 Å². The molecule has 7 heteroatoms. The Kier molecular flexibility index (Phi) is 5.42. The predicted octanol–water partition coefficient (Wildman–Crippen LogP) is 0.535. The van der Waals surface area contributed by atoms with Crippen LogP contribution in [0.15, 0.2) is 6.20 Å². The van der Waals surface area contributed by atoms with Gasteiger partial charge in [-0.05, 0) is 58.2 Å². The van der Waals surface area contributed by atoms with Gasteiger partial charge in [0.05, 0.1) is 6.20 Å². The number of aryl methyl sites for hydroxylation is 1. The number of piperidine rings is 1. The summed E-state index contributed by atoms with van der Waals surface area (Å²) in [5.41, 5.74) is 1.94. The quantitative estimate of drug-likeness (QED) is 0.810. The van der Waals surface area contributed by atoms with Gasteiger partial charge in [-0.1, -0.05) is 0 Å². The van der Waals surface area contributed by atoms with Crippen LogP contribution in [0, 0.1) is 18.8 Å². The van der Waals surface area contributed by atoms with Crippen LogP contribution in [0.5, 0.6) is 0 Å². The topological polar surface area (TPSA) is 70.5 Å². The van der Waals surface area contributed by atoms with E-state index in [2.05, 4.69) is 22.4 Å². The van der Waals surface area contributed by atoms with E-state index in [-0.39, 0.29) is 0 Å². The molecule has 1 aromatic rings. The molecule has 1 N–H and O–H groups in total. The standard InChI is InChI=1S/C18H29N5O2/c1-13-16(11-20-22(13)3)10-19-17(24)18(25)23-9-6-15(12-23)14-4-7-21(2)8-5-14/h11,14-15H,4-10,12H2,1-3H3,(H,19,24). The van der Waals surface area contributed by atoms with Crippen LogP contribution in [0.2, 0.25) is 0 Å². The van der Waals surface area contributed by atoms with Crippen LogP contribution in [0.1, 0.15) is 30.5 Å². The number of amides is 2. The van der Waals surface area contributed by atoms with E-state index in [0.29, 0.717) is 24.9 Å². The summed E-state index contributed by atoms with van der Waals surface area (Å²) in [7, 11) is 4.02. The lowest BCUT2D eigenvalue weighted by Gasteiger charge is -2.32. The molecule has 7 nitrogen and oxygen atoms in total. The number of nitrogens with zero attached hydrogens (tertiary/aromatic N) is 4. The fourth-order valence-electron chi connectivity index (χ4n) is 3.97. The van der Waals surface area contributed by atoms with E-state index < -0.39 is 11.8 Å². The number of likely N-dealkylation sites (tertiary alicyclic amines) is 2. The molecule has 2 aliphatic heterocycles. The monoisotopic (exact) mass is 347 g/mol. The van der Waals surface area contributed by atoms with Gasteiger partial charge < -0.3 is 15.1 Å². The van der Waals surface area contributed by atoms with Crippen molar-refractivity contribution in [2.24, 2.45) is 18.9 Å². The molecule has 0 saturated carbocycles. The summed E-state index contributed by atoms with van der Waals surface area (Å²) in [6.45, 7) is 6.00. The molecule has 3 rings (SSSR count). The number of hydrogen-bond acceptors (Lipinski definition) is 4. The van der Waals surface area contributed by atoms with Gasteiger partial charge >= 0.3 is 11.8 Å². The molecule has 0 aliphatic carbocycles. The smallest absolute Gasteiger partial charge is 0.311 e. The van der Waals surface area contributed by atoms with Gasteiger partial charge in [0.25, 0.3) is 0 Å². The van der Waals surface area contributed by atoms with Crippen molar-refractivity contribution in [3.05, 3.63) is 17.5 Å². The van der Waals surface area contributed by atoms with Crippen molar-refractivity contribution in [1.29, 1.82) is 0 Å². The van der Waals surface area contributed by atoms with Gasteiger partial charge in [0.2, 0.25) is 0 Å². The first-order valence-electron chi connectivity index (χ1n) is 9.19. The molecule has 1 unspecified atom stereocenters. The Bertz CT molecular complexity index is 633. The maximum atomic E-state index is 12.4. The molecule has 0 bridgehead atoms. The summed E-state index contributed by atoms with van der Waals surface area (Å²) >= 11 is 0. The first kappa shape index (κ1) is 17.9. The Labute approximate surface area is 149 Å². The molecule has 2 saturated heterocycles. The highest BCUT2D eigenvalue weighted by Gasteiger charge is 2.35. The molecule has 0 aromatic carbocycles. The third-order valence-corrected chi connectivity index (χ3v) is 5.91. The zero-order valence-electron chi connectivity index (χ0n) is 15.5. The first-order valence-corrected chi connectivity index (χ1v) is 9.19. The molecule has 2 aliphatic rings. The van der Waals surface area contributed by atoms with E-state index in [4.69, 9.17) is 0 Å². The van der Waals surface area contributed by atoms with Crippen LogP contribution < -0.4 is 5.32 Å². The fraction of sp³-hybridized carbons (Fsp3) is 0.722. The summed E-state index contributed by atoms with van der Waals surface area (Å²) in [6, 6.07) is 0. The summed E-state index contributed by atoms with van der Waals surface area (Å²) in [6.07, 6.45) is 5.16. The summed E-state index contributed by atoms with van der Waals surface area (Å²) in [5.74, 6) is 0.338. The van der Waals surface area contributed by atoms with Gasteiger partial charge in [-0.3, -0.25) is 14.3 Å². The molecule has 25 heavy (non-hydrogen) atoms. The van der Waals surface area contributed by atoms with E-state index >= 15 is 0 Å². The lowest BCUT2D eigenvalue weighted by Crippen LogP contribution is -2.42.